The highest BCUT2D eigenvalue weighted by Gasteiger charge is 2.29. The largest absolute Gasteiger partial charge is 0.363 e. The van der Waals surface area contributed by atoms with E-state index < -0.39 is 0 Å². The van der Waals surface area contributed by atoms with Crippen molar-refractivity contribution in [1.82, 2.24) is 19.9 Å². The molecular weight excluding hydrogens is 292 g/mol. The van der Waals surface area contributed by atoms with Gasteiger partial charge in [0, 0.05) is 33.0 Å². The number of amides is 2. The lowest BCUT2D eigenvalue weighted by atomic mass is 10.0. The van der Waals surface area contributed by atoms with E-state index in [1.54, 1.807) is 18.6 Å². The molecule has 0 aromatic carbocycles. The van der Waals surface area contributed by atoms with Gasteiger partial charge in [0.2, 0.25) is 0 Å². The third kappa shape index (κ3) is 3.44. The van der Waals surface area contributed by atoms with Gasteiger partial charge in [0.05, 0.1) is 17.9 Å². The van der Waals surface area contributed by atoms with Crippen LogP contribution in [0.1, 0.15) is 31.1 Å². The number of anilines is 2. The lowest BCUT2D eigenvalue weighted by molar-refractivity contribution is 0.160. The Morgan fingerprint density at radius 1 is 1.35 bits per heavy atom. The fourth-order valence-corrected chi connectivity index (χ4v) is 2.84. The Kier molecular flexibility index (Phi) is 4.45. The van der Waals surface area contributed by atoms with Crippen molar-refractivity contribution in [2.75, 3.05) is 30.9 Å². The molecule has 0 saturated carbocycles. The van der Waals surface area contributed by atoms with E-state index in [0.717, 1.165) is 37.4 Å². The minimum absolute atomic E-state index is 0.00718. The van der Waals surface area contributed by atoms with Crippen LogP contribution in [0.25, 0.3) is 0 Å². The molecule has 23 heavy (non-hydrogen) atoms. The van der Waals surface area contributed by atoms with Gasteiger partial charge >= 0.3 is 6.03 Å². The molecule has 1 aliphatic rings. The summed E-state index contributed by atoms with van der Waals surface area (Å²) in [5.74, 6) is 1.70. The molecular formula is C16H22N6O. The Bertz CT molecular complexity index is 637. The number of hydrogen-bond acceptors (Lipinski definition) is 4. The van der Waals surface area contributed by atoms with Crippen LogP contribution in [0.4, 0.5) is 16.3 Å². The number of piperidine rings is 1. The number of nitrogens with one attached hydrogen (secondary N) is 2. The molecule has 1 saturated heterocycles. The summed E-state index contributed by atoms with van der Waals surface area (Å²) in [4.78, 5) is 28.2. The first-order valence-electron chi connectivity index (χ1n) is 7.85. The zero-order valence-electron chi connectivity index (χ0n) is 13.5. The van der Waals surface area contributed by atoms with Gasteiger partial charge in [-0.05, 0) is 31.4 Å². The van der Waals surface area contributed by atoms with Gasteiger partial charge in [-0.2, -0.15) is 0 Å². The molecule has 2 N–H and O–H groups in total. The van der Waals surface area contributed by atoms with Crippen LogP contribution in [0, 0.1) is 0 Å². The first-order valence-corrected chi connectivity index (χ1v) is 7.85. The number of nitrogens with zero attached hydrogens (tertiary/aromatic N) is 4. The number of H-pyrrole nitrogens is 1. The number of hydrogen-bond donors (Lipinski definition) is 2. The lowest BCUT2D eigenvalue weighted by Gasteiger charge is -2.34. The van der Waals surface area contributed by atoms with Crippen LogP contribution in [-0.4, -0.2) is 46.5 Å². The average molecular weight is 314 g/mol. The van der Waals surface area contributed by atoms with Crippen LogP contribution in [0.2, 0.25) is 0 Å². The van der Waals surface area contributed by atoms with Crippen molar-refractivity contribution in [2.45, 2.75) is 25.3 Å². The number of carbonyl (C=O) groups excluding carboxylic acids is 1. The number of aromatic nitrogens is 3. The Morgan fingerprint density at radius 3 is 2.87 bits per heavy atom. The minimum Gasteiger partial charge on any atom is -0.363 e. The van der Waals surface area contributed by atoms with Crippen molar-refractivity contribution >= 4 is 17.5 Å². The molecule has 122 valence electrons. The summed E-state index contributed by atoms with van der Waals surface area (Å²) in [6.07, 6.45) is 8.25. The van der Waals surface area contributed by atoms with E-state index >= 15 is 0 Å². The van der Waals surface area contributed by atoms with Gasteiger partial charge in [-0.15, -0.1) is 0 Å². The summed E-state index contributed by atoms with van der Waals surface area (Å²) in [6.45, 7) is 0.737. The van der Waals surface area contributed by atoms with Crippen LogP contribution in [0.3, 0.4) is 0 Å². The molecule has 0 bridgehead atoms. The maximum absolute atomic E-state index is 12.6. The monoisotopic (exact) mass is 314 g/mol. The van der Waals surface area contributed by atoms with Gasteiger partial charge in [-0.25, -0.2) is 14.8 Å². The van der Waals surface area contributed by atoms with Gasteiger partial charge < -0.3 is 20.1 Å². The molecule has 0 aliphatic carbocycles. The van der Waals surface area contributed by atoms with Gasteiger partial charge in [0.25, 0.3) is 0 Å². The summed E-state index contributed by atoms with van der Waals surface area (Å²) in [5.41, 5.74) is 0.698. The molecule has 1 aliphatic heterocycles. The number of likely N-dealkylation sites (tertiary alicyclic amines) is 1. The number of rotatable bonds is 3. The van der Waals surface area contributed by atoms with Crippen LogP contribution in [0.15, 0.2) is 30.7 Å². The number of pyridine rings is 1. The van der Waals surface area contributed by atoms with Gasteiger partial charge in [0.1, 0.15) is 11.6 Å². The summed E-state index contributed by atoms with van der Waals surface area (Å²) < 4.78 is 0. The van der Waals surface area contributed by atoms with Crippen molar-refractivity contribution < 1.29 is 4.79 Å². The maximum atomic E-state index is 12.6. The van der Waals surface area contributed by atoms with Crippen LogP contribution < -0.4 is 10.2 Å². The predicted molar refractivity (Wildman–Crippen MR) is 89.5 cm³/mol. The zero-order chi connectivity index (χ0) is 16.2. The highest BCUT2D eigenvalue weighted by atomic mass is 16.2. The van der Waals surface area contributed by atoms with E-state index in [2.05, 4.69) is 20.3 Å². The fourth-order valence-electron chi connectivity index (χ4n) is 2.84. The zero-order valence-corrected chi connectivity index (χ0v) is 13.5. The molecule has 3 heterocycles. The normalized spacial score (nSPS) is 17.8. The van der Waals surface area contributed by atoms with Crippen molar-refractivity contribution in [3.05, 3.63) is 36.5 Å². The highest BCUT2D eigenvalue weighted by Crippen LogP contribution is 2.29. The van der Waals surface area contributed by atoms with Crippen molar-refractivity contribution in [1.29, 1.82) is 0 Å². The molecule has 2 amide bonds. The summed E-state index contributed by atoms with van der Waals surface area (Å²) >= 11 is 0. The van der Waals surface area contributed by atoms with Crippen molar-refractivity contribution in [2.24, 2.45) is 0 Å². The van der Waals surface area contributed by atoms with E-state index in [0.29, 0.717) is 5.69 Å². The molecule has 0 radical (unpaired) electrons. The maximum Gasteiger partial charge on any atom is 0.322 e. The molecule has 7 nitrogen and oxygen atoms in total. The van der Waals surface area contributed by atoms with E-state index in [4.69, 9.17) is 0 Å². The fraction of sp³-hybridized carbons (Fsp3) is 0.438. The molecule has 2 aromatic rings. The smallest absolute Gasteiger partial charge is 0.322 e. The molecule has 0 unspecified atom stereocenters. The SMILES string of the molecule is CN(C)c1ccc(NC(=O)N2CCCC[C@@H]2c2ncc[nH]2)cn1. The lowest BCUT2D eigenvalue weighted by Crippen LogP contribution is -2.41. The highest BCUT2D eigenvalue weighted by molar-refractivity contribution is 5.89. The van der Waals surface area contributed by atoms with Gasteiger partial charge in [-0.3, -0.25) is 0 Å². The Morgan fingerprint density at radius 2 is 2.22 bits per heavy atom. The second kappa shape index (κ2) is 6.68. The average Bonchev–Trinajstić information content (AvgIpc) is 3.09. The van der Waals surface area contributed by atoms with E-state index in [1.165, 1.54) is 0 Å². The second-order valence-corrected chi connectivity index (χ2v) is 5.91. The standard InChI is InChI=1S/C16H22N6O/c1-21(2)14-7-6-12(11-19-14)20-16(23)22-10-4-3-5-13(22)15-17-8-9-18-15/h6-9,11,13H,3-5,10H2,1-2H3,(H,17,18)(H,20,23)/t13-/m1/s1. The topological polar surface area (TPSA) is 77.2 Å². The number of imidazole rings is 1. The Hall–Kier alpha value is -2.57. The first-order chi connectivity index (χ1) is 11.1. The van der Waals surface area contributed by atoms with Crippen molar-refractivity contribution in [3.63, 3.8) is 0 Å². The Balaban J connectivity index is 1.70. The van der Waals surface area contributed by atoms with Crippen LogP contribution >= 0.6 is 0 Å². The third-order valence-corrected chi connectivity index (χ3v) is 4.06. The Labute approximate surface area is 135 Å². The molecule has 0 spiro atoms. The van der Waals surface area contributed by atoms with E-state index in [1.807, 2.05) is 36.0 Å². The summed E-state index contributed by atoms with van der Waals surface area (Å²) in [6, 6.07) is 3.65. The molecule has 3 rings (SSSR count). The predicted octanol–water partition coefficient (Wildman–Crippen LogP) is 2.63. The summed E-state index contributed by atoms with van der Waals surface area (Å²) in [7, 11) is 3.87. The molecule has 1 atom stereocenters. The van der Waals surface area contributed by atoms with Crippen molar-refractivity contribution in [3.8, 4) is 0 Å². The van der Waals surface area contributed by atoms with Crippen LogP contribution in [-0.2, 0) is 0 Å². The molecule has 7 heteroatoms. The van der Waals surface area contributed by atoms with Gasteiger partial charge in [-0.1, -0.05) is 0 Å². The van der Waals surface area contributed by atoms with E-state index in [-0.39, 0.29) is 12.1 Å². The molecule has 1 fully saturated rings. The number of carbonyl (C=O) groups is 1. The summed E-state index contributed by atoms with van der Waals surface area (Å²) in [5, 5.41) is 2.93. The minimum atomic E-state index is -0.106. The second-order valence-electron chi connectivity index (χ2n) is 5.91. The van der Waals surface area contributed by atoms with Gasteiger partial charge in [0.15, 0.2) is 0 Å². The first kappa shape index (κ1) is 15.3. The number of urea groups is 1. The molecule has 2 aromatic heterocycles. The quantitative estimate of drug-likeness (QED) is 0.913. The van der Waals surface area contributed by atoms with E-state index in [9.17, 15) is 4.79 Å². The number of aromatic amines is 1. The van der Waals surface area contributed by atoms with Crippen LogP contribution in [0.5, 0.6) is 0 Å². The third-order valence-electron chi connectivity index (χ3n) is 4.06.